The first kappa shape index (κ1) is 20.0. The lowest BCUT2D eigenvalue weighted by molar-refractivity contribution is 0.158. The van der Waals surface area contributed by atoms with Gasteiger partial charge in [-0.2, -0.15) is 0 Å². The number of aromatic hydroxyl groups is 1. The Morgan fingerprint density at radius 1 is 1.27 bits per heavy atom. The van der Waals surface area contributed by atoms with E-state index in [-0.39, 0.29) is 41.1 Å². The fourth-order valence-corrected chi connectivity index (χ4v) is 3.32. The second kappa shape index (κ2) is 8.69. The number of piperazine rings is 1. The number of halogens is 4. The number of phenols is 1. The highest BCUT2D eigenvalue weighted by Crippen LogP contribution is 2.44. The van der Waals surface area contributed by atoms with Crippen molar-refractivity contribution in [2.75, 3.05) is 26.2 Å². The predicted octanol–water partition coefficient (Wildman–Crippen LogP) is 3.88. The van der Waals surface area contributed by atoms with E-state index in [9.17, 15) is 9.50 Å². The van der Waals surface area contributed by atoms with E-state index in [2.05, 4.69) is 26.1 Å². The van der Waals surface area contributed by atoms with Crippen molar-refractivity contribution in [2.24, 2.45) is 5.92 Å². The van der Waals surface area contributed by atoms with Gasteiger partial charge in [-0.05, 0) is 34.3 Å². The average Bonchev–Trinajstić information content (AvgIpc) is 3.28. The van der Waals surface area contributed by atoms with Gasteiger partial charge in [-0.1, -0.05) is 18.9 Å². The van der Waals surface area contributed by atoms with E-state index in [1.54, 1.807) is 6.07 Å². The van der Waals surface area contributed by atoms with Gasteiger partial charge in [-0.25, -0.2) is 4.39 Å². The minimum Gasteiger partial charge on any atom is -0.506 e. The largest absolute Gasteiger partial charge is 0.506 e. The van der Waals surface area contributed by atoms with Crippen LogP contribution in [0.15, 0.2) is 16.6 Å². The molecule has 0 unspecified atom stereocenters. The summed E-state index contributed by atoms with van der Waals surface area (Å²) in [5, 5.41) is 13.6. The Morgan fingerprint density at radius 2 is 1.91 bits per heavy atom. The smallest absolute Gasteiger partial charge is 0.141 e. The number of rotatable bonds is 4. The molecule has 0 spiro atoms. The quantitative estimate of drug-likeness (QED) is 0.783. The molecule has 2 aliphatic rings. The van der Waals surface area contributed by atoms with Crippen LogP contribution in [0.1, 0.15) is 30.9 Å². The summed E-state index contributed by atoms with van der Waals surface area (Å²) in [6.45, 7) is 3.91. The molecule has 1 saturated heterocycles. The minimum absolute atomic E-state index is 0. The third-order valence-corrected chi connectivity index (χ3v) is 5.06. The van der Waals surface area contributed by atoms with Crippen molar-refractivity contribution in [3.8, 4) is 5.75 Å². The Hall–Kier alpha value is -0.0700. The van der Waals surface area contributed by atoms with Crippen LogP contribution < -0.4 is 5.32 Å². The predicted molar refractivity (Wildman–Crippen MR) is 94.8 cm³/mol. The first-order valence-corrected chi connectivity index (χ1v) is 8.07. The number of phenolic OH excluding ortho intramolecular Hbond substituents is 1. The van der Waals surface area contributed by atoms with Gasteiger partial charge in [0.15, 0.2) is 0 Å². The van der Waals surface area contributed by atoms with Crippen LogP contribution in [0.2, 0.25) is 0 Å². The van der Waals surface area contributed by atoms with Crippen LogP contribution in [0.4, 0.5) is 4.39 Å². The fourth-order valence-electron chi connectivity index (χ4n) is 2.96. The van der Waals surface area contributed by atoms with Crippen LogP contribution in [0.3, 0.4) is 0 Å². The van der Waals surface area contributed by atoms with Crippen molar-refractivity contribution in [1.82, 2.24) is 10.2 Å². The zero-order valence-corrected chi connectivity index (χ0v) is 15.4. The lowest BCUT2D eigenvalue weighted by Gasteiger charge is -2.35. The fraction of sp³-hybridized carbons (Fsp3) is 0.600. The molecule has 1 atom stereocenters. The molecule has 1 aliphatic heterocycles. The van der Waals surface area contributed by atoms with Crippen molar-refractivity contribution in [3.05, 3.63) is 28.0 Å². The van der Waals surface area contributed by atoms with Gasteiger partial charge in [0, 0.05) is 37.8 Å². The van der Waals surface area contributed by atoms with E-state index in [1.165, 1.54) is 18.9 Å². The summed E-state index contributed by atoms with van der Waals surface area (Å²) < 4.78 is 13.7. The van der Waals surface area contributed by atoms with Gasteiger partial charge in [-0.3, -0.25) is 4.90 Å². The van der Waals surface area contributed by atoms with Gasteiger partial charge in [0.2, 0.25) is 0 Å². The van der Waals surface area contributed by atoms with Crippen LogP contribution in [0.25, 0.3) is 0 Å². The van der Waals surface area contributed by atoms with E-state index in [4.69, 9.17) is 0 Å². The van der Waals surface area contributed by atoms with Crippen LogP contribution in [0, 0.1) is 11.7 Å². The maximum Gasteiger partial charge on any atom is 0.141 e. The number of nitrogens with one attached hydrogen (secondary N) is 1. The minimum atomic E-state index is -0.406. The Labute approximate surface area is 151 Å². The second-order valence-electron chi connectivity index (χ2n) is 5.78. The highest BCUT2D eigenvalue weighted by atomic mass is 79.9. The molecule has 1 saturated carbocycles. The number of hydrogen-bond donors (Lipinski definition) is 2. The molecule has 0 aromatic heterocycles. The van der Waals surface area contributed by atoms with E-state index in [1.807, 2.05) is 0 Å². The van der Waals surface area contributed by atoms with Gasteiger partial charge < -0.3 is 10.4 Å². The average molecular weight is 416 g/mol. The van der Waals surface area contributed by atoms with Gasteiger partial charge in [-0.15, -0.1) is 24.8 Å². The Bertz CT molecular complexity index is 497. The molecule has 0 amide bonds. The molecule has 126 valence electrons. The molecular weight excluding hydrogens is 394 g/mol. The molecular formula is C15H22BrCl2FN2O. The molecule has 3 rings (SSSR count). The van der Waals surface area contributed by atoms with Gasteiger partial charge in [0.25, 0.3) is 0 Å². The zero-order chi connectivity index (χ0) is 14.1. The van der Waals surface area contributed by atoms with Crippen molar-refractivity contribution in [2.45, 2.75) is 25.3 Å². The van der Waals surface area contributed by atoms with Crippen LogP contribution in [0.5, 0.6) is 5.75 Å². The third-order valence-electron chi connectivity index (χ3n) is 4.31. The first-order chi connectivity index (χ1) is 9.66. The number of benzene rings is 1. The van der Waals surface area contributed by atoms with Crippen LogP contribution in [-0.4, -0.2) is 36.2 Å². The van der Waals surface area contributed by atoms with Crippen LogP contribution >= 0.6 is 40.7 Å². The molecule has 7 heteroatoms. The highest BCUT2D eigenvalue weighted by Gasteiger charge is 2.32. The molecule has 3 nitrogen and oxygen atoms in total. The van der Waals surface area contributed by atoms with Crippen molar-refractivity contribution in [3.63, 3.8) is 0 Å². The highest BCUT2D eigenvalue weighted by molar-refractivity contribution is 9.10. The van der Waals surface area contributed by atoms with Crippen LogP contribution in [-0.2, 0) is 0 Å². The number of nitrogens with zero attached hydrogens (tertiary/aromatic N) is 1. The summed E-state index contributed by atoms with van der Waals surface area (Å²) in [4.78, 5) is 2.41. The lowest BCUT2D eigenvalue weighted by Crippen LogP contribution is -2.45. The second-order valence-corrected chi connectivity index (χ2v) is 6.57. The first-order valence-electron chi connectivity index (χ1n) is 7.28. The van der Waals surface area contributed by atoms with Gasteiger partial charge in [0.1, 0.15) is 11.6 Å². The Kier molecular flexibility index (Phi) is 7.89. The topological polar surface area (TPSA) is 35.5 Å². The van der Waals surface area contributed by atoms with E-state index < -0.39 is 5.82 Å². The lowest BCUT2D eigenvalue weighted by atomic mass is 9.97. The third kappa shape index (κ3) is 4.48. The zero-order valence-electron chi connectivity index (χ0n) is 12.2. The monoisotopic (exact) mass is 414 g/mol. The summed E-state index contributed by atoms with van der Waals surface area (Å²) in [7, 11) is 0. The number of hydrogen-bond acceptors (Lipinski definition) is 3. The molecule has 1 aromatic rings. The summed E-state index contributed by atoms with van der Waals surface area (Å²) in [6, 6.07) is 3.38. The summed E-state index contributed by atoms with van der Waals surface area (Å²) in [5.74, 6) is 0.420. The molecule has 1 aromatic carbocycles. The Morgan fingerprint density at radius 3 is 2.50 bits per heavy atom. The van der Waals surface area contributed by atoms with Gasteiger partial charge in [0.05, 0.1) is 4.47 Å². The van der Waals surface area contributed by atoms with Crippen molar-refractivity contribution < 1.29 is 9.50 Å². The Balaban J connectivity index is 0.00000121. The summed E-state index contributed by atoms with van der Waals surface area (Å²) in [6.07, 6.45) is 3.63. The maximum atomic E-state index is 13.5. The molecule has 2 N–H and O–H groups in total. The maximum absolute atomic E-state index is 13.5. The van der Waals surface area contributed by atoms with Gasteiger partial charge >= 0.3 is 0 Å². The standard InChI is InChI=1S/C15H20BrFN2O.2ClH/c16-14-12(17)4-3-11(15(14)20)13(9-10-1-2-10)19-7-5-18-6-8-19;;/h3-4,10,13,18,20H,1-2,5-9H2;2*1H/t13-;;/m0../s1. The molecule has 1 aliphatic carbocycles. The van der Waals surface area contributed by atoms with Crippen molar-refractivity contribution >= 4 is 40.7 Å². The van der Waals surface area contributed by atoms with E-state index in [0.717, 1.165) is 44.1 Å². The molecule has 1 heterocycles. The molecule has 0 bridgehead atoms. The SMILES string of the molecule is Cl.Cl.Oc1c([C@H](CC2CC2)N2CCNCC2)ccc(F)c1Br. The summed E-state index contributed by atoms with van der Waals surface area (Å²) >= 11 is 3.15. The normalized spacial score (nSPS) is 19.9. The molecule has 2 fully saturated rings. The summed E-state index contributed by atoms with van der Waals surface area (Å²) in [5.41, 5.74) is 0.854. The van der Waals surface area contributed by atoms with Crippen molar-refractivity contribution in [1.29, 1.82) is 0 Å². The van der Waals surface area contributed by atoms with E-state index >= 15 is 0 Å². The molecule has 22 heavy (non-hydrogen) atoms. The molecule has 0 radical (unpaired) electrons. The van der Waals surface area contributed by atoms with E-state index in [0.29, 0.717) is 0 Å².